The molecule has 0 aliphatic rings. The van der Waals surface area contributed by atoms with Crippen molar-refractivity contribution in [1.29, 1.82) is 0 Å². The molecule has 2 atom stereocenters. The average Bonchev–Trinajstić information content (AvgIpc) is 2.37. The van der Waals surface area contributed by atoms with Crippen molar-refractivity contribution >= 4 is 11.7 Å². The van der Waals surface area contributed by atoms with Crippen LogP contribution in [0.25, 0.3) is 0 Å². The van der Waals surface area contributed by atoms with E-state index in [-0.39, 0.29) is 6.04 Å². The minimum Gasteiger partial charge on any atom is -0.495 e. The molecule has 0 bridgehead atoms. The highest BCUT2D eigenvalue weighted by molar-refractivity contribution is 5.73. The Morgan fingerprint density at radius 2 is 2.05 bits per heavy atom. The fourth-order valence-corrected chi connectivity index (χ4v) is 2.38. The second-order valence-electron chi connectivity index (χ2n) is 5.87. The first-order valence-electron chi connectivity index (χ1n) is 7.24. The summed E-state index contributed by atoms with van der Waals surface area (Å²) in [4.78, 5) is 11.3. The number of ether oxygens (including phenoxy) is 1. The molecule has 5 nitrogen and oxygen atoms in total. The highest BCUT2D eigenvalue weighted by Crippen LogP contribution is 2.22. The van der Waals surface area contributed by atoms with Crippen LogP contribution in [0.2, 0.25) is 0 Å². The first-order valence-corrected chi connectivity index (χ1v) is 7.24. The van der Waals surface area contributed by atoms with E-state index in [1.165, 1.54) is 0 Å². The Kier molecular flexibility index (Phi) is 6.49. The van der Waals surface area contributed by atoms with Crippen molar-refractivity contribution in [1.82, 2.24) is 5.32 Å². The number of carbonyl (C=O) groups is 1. The second-order valence-corrected chi connectivity index (χ2v) is 5.87. The van der Waals surface area contributed by atoms with E-state index in [2.05, 4.69) is 5.32 Å². The molecule has 0 aliphatic carbocycles. The third kappa shape index (κ3) is 5.63. The van der Waals surface area contributed by atoms with E-state index >= 15 is 0 Å². The van der Waals surface area contributed by atoms with E-state index in [0.29, 0.717) is 23.8 Å². The maximum absolute atomic E-state index is 11.3. The van der Waals surface area contributed by atoms with Crippen LogP contribution in [0.15, 0.2) is 18.2 Å². The van der Waals surface area contributed by atoms with Crippen LogP contribution in [-0.4, -0.2) is 30.3 Å². The molecule has 5 heteroatoms. The molecule has 1 rings (SSSR count). The molecule has 21 heavy (non-hydrogen) atoms. The van der Waals surface area contributed by atoms with Crippen molar-refractivity contribution < 1.29 is 14.6 Å². The zero-order valence-electron chi connectivity index (χ0n) is 13.2. The molecule has 0 aliphatic heterocycles. The Balaban J connectivity index is 2.65. The lowest BCUT2D eigenvalue weighted by molar-refractivity contribution is -0.140. The van der Waals surface area contributed by atoms with Gasteiger partial charge in [-0.3, -0.25) is 4.79 Å². The number of methoxy groups -OCH3 is 1. The topological polar surface area (TPSA) is 84.6 Å². The summed E-state index contributed by atoms with van der Waals surface area (Å²) in [5, 5.41) is 12.4. The van der Waals surface area contributed by atoms with Crippen LogP contribution < -0.4 is 15.8 Å². The van der Waals surface area contributed by atoms with Gasteiger partial charge in [0.15, 0.2) is 0 Å². The Morgan fingerprint density at radius 1 is 1.38 bits per heavy atom. The maximum atomic E-state index is 11.3. The van der Waals surface area contributed by atoms with Gasteiger partial charge in [0, 0.05) is 6.04 Å². The normalized spacial score (nSPS) is 14.0. The average molecular weight is 294 g/mol. The van der Waals surface area contributed by atoms with E-state index in [1.54, 1.807) is 7.11 Å². The van der Waals surface area contributed by atoms with Crippen LogP contribution in [0.4, 0.5) is 5.69 Å². The molecule has 2 unspecified atom stereocenters. The molecule has 0 aromatic heterocycles. The van der Waals surface area contributed by atoms with Gasteiger partial charge in [0.25, 0.3) is 0 Å². The number of hydrogen-bond donors (Lipinski definition) is 3. The molecular formula is C16H26N2O3. The van der Waals surface area contributed by atoms with Crippen LogP contribution in [0.3, 0.4) is 0 Å². The van der Waals surface area contributed by atoms with E-state index in [4.69, 9.17) is 10.5 Å². The van der Waals surface area contributed by atoms with Crippen molar-refractivity contribution in [3.8, 4) is 5.75 Å². The SMILES string of the molecule is COc1ccc(CC(C)NC(CC(C)C)C(=O)O)cc1N. The molecule has 0 spiro atoms. The van der Waals surface area contributed by atoms with Crippen LogP contribution in [0.5, 0.6) is 5.75 Å². The predicted molar refractivity (Wildman–Crippen MR) is 84.6 cm³/mol. The summed E-state index contributed by atoms with van der Waals surface area (Å²) in [7, 11) is 1.58. The summed E-state index contributed by atoms with van der Waals surface area (Å²) >= 11 is 0. The summed E-state index contributed by atoms with van der Waals surface area (Å²) in [6.07, 6.45) is 1.33. The minimum atomic E-state index is -0.801. The maximum Gasteiger partial charge on any atom is 0.320 e. The number of benzene rings is 1. The van der Waals surface area contributed by atoms with Gasteiger partial charge in [0.1, 0.15) is 11.8 Å². The number of rotatable bonds is 8. The molecule has 0 saturated carbocycles. The number of carboxylic acid groups (broad SMARTS) is 1. The Morgan fingerprint density at radius 3 is 2.52 bits per heavy atom. The fraction of sp³-hybridized carbons (Fsp3) is 0.562. The van der Waals surface area contributed by atoms with Gasteiger partial charge in [-0.2, -0.15) is 0 Å². The molecular weight excluding hydrogens is 268 g/mol. The fourth-order valence-electron chi connectivity index (χ4n) is 2.38. The van der Waals surface area contributed by atoms with Gasteiger partial charge in [-0.05, 0) is 43.4 Å². The zero-order chi connectivity index (χ0) is 16.0. The van der Waals surface area contributed by atoms with Crippen molar-refractivity contribution in [2.24, 2.45) is 5.92 Å². The second kappa shape index (κ2) is 7.88. The van der Waals surface area contributed by atoms with Crippen LogP contribution >= 0.6 is 0 Å². The third-order valence-electron chi connectivity index (χ3n) is 3.33. The summed E-state index contributed by atoms with van der Waals surface area (Å²) in [5.41, 5.74) is 7.54. The number of nitrogens with two attached hydrogens (primary N) is 1. The van der Waals surface area contributed by atoms with Crippen LogP contribution in [-0.2, 0) is 11.2 Å². The van der Waals surface area contributed by atoms with Crippen molar-refractivity contribution in [3.05, 3.63) is 23.8 Å². The smallest absolute Gasteiger partial charge is 0.320 e. The molecule has 1 aromatic carbocycles. The molecule has 1 aromatic rings. The van der Waals surface area contributed by atoms with Gasteiger partial charge in [0.05, 0.1) is 12.8 Å². The number of aliphatic carboxylic acids is 1. The van der Waals surface area contributed by atoms with Crippen molar-refractivity contribution in [3.63, 3.8) is 0 Å². The number of anilines is 1. The number of carboxylic acids is 1. The van der Waals surface area contributed by atoms with Crippen molar-refractivity contribution in [2.75, 3.05) is 12.8 Å². The van der Waals surface area contributed by atoms with Gasteiger partial charge in [-0.1, -0.05) is 19.9 Å². The lowest BCUT2D eigenvalue weighted by atomic mass is 10.0. The molecule has 0 heterocycles. The molecule has 0 amide bonds. The van der Waals surface area contributed by atoms with Gasteiger partial charge in [-0.15, -0.1) is 0 Å². The zero-order valence-corrected chi connectivity index (χ0v) is 13.2. The lowest BCUT2D eigenvalue weighted by Crippen LogP contribution is -2.43. The lowest BCUT2D eigenvalue weighted by Gasteiger charge is -2.22. The number of hydrogen-bond acceptors (Lipinski definition) is 4. The van der Waals surface area contributed by atoms with Gasteiger partial charge in [0.2, 0.25) is 0 Å². The van der Waals surface area contributed by atoms with E-state index in [1.807, 2.05) is 39.0 Å². The van der Waals surface area contributed by atoms with Crippen LogP contribution in [0.1, 0.15) is 32.8 Å². The quantitative estimate of drug-likeness (QED) is 0.641. The van der Waals surface area contributed by atoms with Gasteiger partial charge in [-0.25, -0.2) is 0 Å². The number of nitrogens with one attached hydrogen (secondary N) is 1. The Bertz CT molecular complexity index is 475. The highest BCUT2D eigenvalue weighted by atomic mass is 16.5. The Labute approximate surface area is 126 Å². The summed E-state index contributed by atoms with van der Waals surface area (Å²) in [6.45, 7) is 6.02. The van der Waals surface area contributed by atoms with Gasteiger partial charge < -0.3 is 20.9 Å². The van der Waals surface area contributed by atoms with E-state index < -0.39 is 12.0 Å². The van der Waals surface area contributed by atoms with Crippen molar-refractivity contribution in [2.45, 2.75) is 45.7 Å². The summed E-state index contributed by atoms with van der Waals surface area (Å²) in [6, 6.07) is 5.19. The molecule has 0 radical (unpaired) electrons. The predicted octanol–water partition coefficient (Wildman–Crippen LogP) is 2.30. The third-order valence-corrected chi connectivity index (χ3v) is 3.33. The Hall–Kier alpha value is -1.75. The van der Waals surface area contributed by atoms with Gasteiger partial charge >= 0.3 is 5.97 Å². The first-order chi connectivity index (χ1) is 9.83. The summed E-state index contributed by atoms with van der Waals surface area (Å²) in [5.74, 6) is 0.190. The highest BCUT2D eigenvalue weighted by Gasteiger charge is 2.20. The molecule has 118 valence electrons. The standard InChI is InChI=1S/C16H26N2O3/c1-10(2)7-14(16(19)20)18-11(3)8-12-5-6-15(21-4)13(17)9-12/h5-6,9-11,14,18H,7-8,17H2,1-4H3,(H,19,20). The van der Waals surface area contributed by atoms with Crippen LogP contribution in [0, 0.1) is 5.92 Å². The largest absolute Gasteiger partial charge is 0.495 e. The molecule has 0 fully saturated rings. The monoisotopic (exact) mass is 294 g/mol. The number of nitrogen functional groups attached to an aromatic ring is 1. The summed E-state index contributed by atoms with van der Waals surface area (Å²) < 4.78 is 5.13. The minimum absolute atomic E-state index is 0.0534. The first kappa shape index (κ1) is 17.3. The molecule has 4 N–H and O–H groups in total. The van der Waals surface area contributed by atoms with E-state index in [9.17, 15) is 9.90 Å². The van der Waals surface area contributed by atoms with E-state index in [0.717, 1.165) is 12.0 Å². The molecule has 0 saturated heterocycles.